The average molecular weight is 339 g/mol. The van der Waals surface area contributed by atoms with Crippen LogP contribution >= 0.6 is 23.2 Å². The van der Waals surface area contributed by atoms with Gasteiger partial charge in [0.1, 0.15) is 0 Å². The van der Waals surface area contributed by atoms with E-state index in [-0.39, 0.29) is 21.5 Å². The highest BCUT2D eigenvalue weighted by Crippen LogP contribution is 2.35. The second kappa shape index (κ2) is 5.97. The molecule has 1 heterocycles. The molecule has 1 fully saturated rings. The number of phenols is 1. The molecule has 0 aliphatic carbocycles. The second-order valence-corrected chi connectivity index (χ2v) is 7.46. The summed E-state index contributed by atoms with van der Waals surface area (Å²) in [5, 5.41) is 9.46. The molecule has 1 aliphatic rings. The van der Waals surface area contributed by atoms with E-state index in [0.29, 0.717) is 19.0 Å². The molecular formula is C12H16Cl2N2O3S. The largest absolute Gasteiger partial charge is 0.505 e. The third-order valence-corrected chi connectivity index (χ3v) is 5.46. The van der Waals surface area contributed by atoms with Gasteiger partial charge in [0.05, 0.1) is 15.7 Å². The molecule has 0 bridgehead atoms. The fraction of sp³-hybridized carbons (Fsp3) is 0.500. The molecule has 20 heavy (non-hydrogen) atoms. The number of hydrogen-bond acceptors (Lipinski definition) is 3. The Morgan fingerprint density at radius 2 is 1.75 bits per heavy atom. The lowest BCUT2D eigenvalue weighted by molar-refractivity contribution is 0.289. The van der Waals surface area contributed by atoms with Crippen molar-refractivity contribution in [3.05, 3.63) is 22.2 Å². The van der Waals surface area contributed by atoms with Crippen LogP contribution in [-0.4, -0.2) is 30.9 Å². The molecular weight excluding hydrogens is 323 g/mol. The first-order valence-electron chi connectivity index (χ1n) is 6.25. The molecule has 8 heteroatoms. The van der Waals surface area contributed by atoms with Crippen LogP contribution in [0.3, 0.4) is 0 Å². The van der Waals surface area contributed by atoms with Crippen LogP contribution < -0.4 is 4.72 Å². The first-order valence-corrected chi connectivity index (χ1v) is 8.45. The number of piperidine rings is 1. The topological polar surface area (TPSA) is 69.6 Å². The van der Waals surface area contributed by atoms with Crippen molar-refractivity contribution in [2.75, 3.05) is 17.8 Å². The van der Waals surface area contributed by atoms with Gasteiger partial charge in [0, 0.05) is 13.1 Å². The highest BCUT2D eigenvalue weighted by Gasteiger charge is 2.26. The number of halogens is 2. The maximum Gasteiger partial charge on any atom is 0.301 e. The van der Waals surface area contributed by atoms with Crippen molar-refractivity contribution < 1.29 is 13.5 Å². The van der Waals surface area contributed by atoms with Crippen molar-refractivity contribution in [3.8, 4) is 5.75 Å². The maximum atomic E-state index is 12.2. The van der Waals surface area contributed by atoms with Gasteiger partial charge < -0.3 is 5.11 Å². The molecule has 5 nitrogen and oxygen atoms in total. The van der Waals surface area contributed by atoms with Crippen LogP contribution in [0.15, 0.2) is 12.1 Å². The van der Waals surface area contributed by atoms with Crippen LogP contribution in [0.25, 0.3) is 0 Å². The zero-order chi connectivity index (χ0) is 14.9. The zero-order valence-electron chi connectivity index (χ0n) is 10.9. The van der Waals surface area contributed by atoms with Gasteiger partial charge in [-0.2, -0.15) is 12.7 Å². The van der Waals surface area contributed by atoms with Gasteiger partial charge in [-0.1, -0.05) is 30.1 Å². The van der Waals surface area contributed by atoms with E-state index in [4.69, 9.17) is 23.2 Å². The van der Waals surface area contributed by atoms with Gasteiger partial charge in [0.15, 0.2) is 5.75 Å². The van der Waals surface area contributed by atoms with Crippen molar-refractivity contribution in [1.82, 2.24) is 4.31 Å². The summed E-state index contributed by atoms with van der Waals surface area (Å²) in [6.45, 7) is 3.10. The van der Waals surface area contributed by atoms with E-state index in [1.54, 1.807) is 0 Å². The van der Waals surface area contributed by atoms with Gasteiger partial charge in [-0.05, 0) is 30.9 Å². The van der Waals surface area contributed by atoms with Crippen molar-refractivity contribution >= 4 is 39.1 Å². The molecule has 1 aromatic rings. The zero-order valence-corrected chi connectivity index (χ0v) is 13.3. The Balaban J connectivity index is 2.16. The molecule has 2 N–H and O–H groups in total. The van der Waals surface area contributed by atoms with Crippen LogP contribution in [0.1, 0.15) is 19.8 Å². The van der Waals surface area contributed by atoms with Gasteiger partial charge in [-0.25, -0.2) is 0 Å². The molecule has 0 spiro atoms. The van der Waals surface area contributed by atoms with Crippen LogP contribution in [0, 0.1) is 5.92 Å². The fourth-order valence-electron chi connectivity index (χ4n) is 2.06. The lowest BCUT2D eigenvalue weighted by Crippen LogP contribution is -2.41. The molecule has 0 radical (unpaired) electrons. The third-order valence-electron chi connectivity index (χ3n) is 3.35. The van der Waals surface area contributed by atoms with Crippen molar-refractivity contribution in [3.63, 3.8) is 0 Å². The minimum atomic E-state index is -3.62. The lowest BCUT2D eigenvalue weighted by Gasteiger charge is -2.29. The summed E-state index contributed by atoms with van der Waals surface area (Å²) < 4.78 is 28.3. The monoisotopic (exact) mass is 338 g/mol. The maximum absolute atomic E-state index is 12.2. The number of aromatic hydroxyl groups is 1. The highest BCUT2D eigenvalue weighted by molar-refractivity contribution is 7.90. The molecule has 112 valence electrons. The average Bonchev–Trinajstić information content (AvgIpc) is 2.36. The van der Waals surface area contributed by atoms with Crippen LogP contribution in [0.4, 0.5) is 5.69 Å². The van der Waals surface area contributed by atoms with E-state index < -0.39 is 10.2 Å². The van der Waals surface area contributed by atoms with Gasteiger partial charge in [-0.15, -0.1) is 0 Å². The van der Waals surface area contributed by atoms with E-state index in [2.05, 4.69) is 11.6 Å². The minimum absolute atomic E-state index is 0.00228. The quantitative estimate of drug-likeness (QED) is 0.832. The summed E-state index contributed by atoms with van der Waals surface area (Å²) in [6.07, 6.45) is 1.69. The molecule has 0 amide bonds. The molecule has 0 saturated carbocycles. The summed E-state index contributed by atoms with van der Waals surface area (Å²) in [7, 11) is -3.62. The van der Waals surface area contributed by atoms with Gasteiger partial charge in [0.25, 0.3) is 0 Å². The van der Waals surface area contributed by atoms with E-state index in [9.17, 15) is 13.5 Å². The van der Waals surface area contributed by atoms with Crippen LogP contribution in [0.2, 0.25) is 10.0 Å². The first kappa shape index (κ1) is 15.7. The van der Waals surface area contributed by atoms with Crippen molar-refractivity contribution in [1.29, 1.82) is 0 Å². The standard InChI is InChI=1S/C12H16Cl2N2O3S/c1-8-2-4-16(5-3-8)20(18,19)15-9-6-10(13)12(17)11(14)7-9/h6-8,15,17H,2-5H2,1H3. The molecule has 0 unspecified atom stereocenters. The number of rotatable bonds is 3. The van der Waals surface area contributed by atoms with E-state index >= 15 is 0 Å². The molecule has 0 aromatic heterocycles. The van der Waals surface area contributed by atoms with E-state index in [1.165, 1.54) is 16.4 Å². The summed E-state index contributed by atoms with van der Waals surface area (Å²) in [4.78, 5) is 0. The van der Waals surface area contributed by atoms with Crippen molar-refractivity contribution in [2.24, 2.45) is 5.92 Å². The van der Waals surface area contributed by atoms with Gasteiger partial charge in [0.2, 0.25) is 0 Å². The van der Waals surface area contributed by atoms with Gasteiger partial charge in [-0.3, -0.25) is 4.72 Å². The second-order valence-electron chi connectivity index (χ2n) is 4.98. The Kier molecular flexibility index (Phi) is 4.69. The smallest absolute Gasteiger partial charge is 0.301 e. The number of nitrogens with zero attached hydrogens (tertiary/aromatic N) is 1. The fourth-order valence-corrected chi connectivity index (χ4v) is 3.79. The Morgan fingerprint density at radius 1 is 1.25 bits per heavy atom. The molecule has 0 atom stereocenters. The number of hydrogen-bond donors (Lipinski definition) is 2. The van der Waals surface area contributed by atoms with E-state index in [1.807, 2.05) is 0 Å². The predicted octanol–water partition coefficient (Wildman–Crippen LogP) is 3.09. The normalized spacial score (nSPS) is 18.1. The van der Waals surface area contributed by atoms with Crippen LogP contribution in [-0.2, 0) is 10.2 Å². The summed E-state index contributed by atoms with van der Waals surface area (Å²) >= 11 is 11.5. The van der Waals surface area contributed by atoms with E-state index in [0.717, 1.165) is 12.8 Å². The third kappa shape index (κ3) is 3.49. The Bertz CT molecular complexity index is 576. The first-order chi connectivity index (χ1) is 9.29. The Hall–Kier alpha value is -0.690. The highest BCUT2D eigenvalue weighted by atomic mass is 35.5. The van der Waals surface area contributed by atoms with Crippen molar-refractivity contribution in [2.45, 2.75) is 19.8 Å². The molecule has 2 rings (SSSR count). The number of phenolic OH excluding ortho intramolecular Hbond substituents is 1. The number of anilines is 1. The lowest BCUT2D eigenvalue weighted by atomic mass is 10.0. The summed E-state index contributed by atoms with van der Waals surface area (Å²) in [5.41, 5.74) is 0.233. The number of benzene rings is 1. The summed E-state index contributed by atoms with van der Waals surface area (Å²) in [5.74, 6) is 0.280. The Labute approximate surface area is 128 Å². The minimum Gasteiger partial charge on any atom is -0.505 e. The number of nitrogens with one attached hydrogen (secondary N) is 1. The molecule has 1 aromatic carbocycles. The Morgan fingerprint density at radius 3 is 2.25 bits per heavy atom. The summed E-state index contributed by atoms with van der Waals surface area (Å²) in [6, 6.07) is 2.65. The molecule has 1 saturated heterocycles. The molecule has 1 aliphatic heterocycles. The van der Waals surface area contributed by atoms with Gasteiger partial charge >= 0.3 is 10.2 Å². The SMILES string of the molecule is CC1CCN(S(=O)(=O)Nc2cc(Cl)c(O)c(Cl)c2)CC1. The van der Waals surface area contributed by atoms with Crippen LogP contribution in [0.5, 0.6) is 5.75 Å². The predicted molar refractivity (Wildman–Crippen MR) is 80.6 cm³/mol.